The molecule has 1 saturated heterocycles. The van der Waals surface area contributed by atoms with E-state index in [0.29, 0.717) is 26.3 Å². The molecule has 7 heteroatoms. The Hall–Kier alpha value is -2.90. The van der Waals surface area contributed by atoms with Gasteiger partial charge in [0.2, 0.25) is 5.78 Å². The van der Waals surface area contributed by atoms with Gasteiger partial charge in [0, 0.05) is 26.2 Å². The van der Waals surface area contributed by atoms with Crippen molar-refractivity contribution in [2.24, 2.45) is 0 Å². The average molecular weight is 382 g/mol. The third kappa shape index (κ3) is 3.46. The van der Waals surface area contributed by atoms with Gasteiger partial charge in [0.25, 0.3) is 5.91 Å². The molecule has 1 atom stereocenters. The summed E-state index contributed by atoms with van der Waals surface area (Å²) in [7, 11) is 0. The molecular weight excluding hydrogens is 360 g/mol. The molecule has 4 rings (SSSR count). The quantitative estimate of drug-likeness (QED) is 0.771. The van der Waals surface area contributed by atoms with Crippen LogP contribution in [0.5, 0.6) is 0 Å². The zero-order valence-corrected chi connectivity index (χ0v) is 15.4. The lowest BCUT2D eigenvalue weighted by Gasteiger charge is -2.31. The molecule has 2 aliphatic heterocycles. The van der Waals surface area contributed by atoms with Gasteiger partial charge in [0.1, 0.15) is 0 Å². The lowest BCUT2D eigenvalue weighted by atomic mass is 9.95. The first-order valence-corrected chi connectivity index (χ1v) is 9.34. The summed E-state index contributed by atoms with van der Waals surface area (Å²) in [4.78, 5) is 29.6. The number of furan rings is 1. The van der Waals surface area contributed by atoms with E-state index in [0.717, 1.165) is 18.7 Å². The molecule has 0 saturated carbocycles. The van der Waals surface area contributed by atoms with Crippen molar-refractivity contribution in [3.05, 3.63) is 71.4 Å². The summed E-state index contributed by atoms with van der Waals surface area (Å²) in [6, 6.07) is 11.8. The highest BCUT2D eigenvalue weighted by atomic mass is 16.5. The maximum atomic E-state index is 13.0. The van der Waals surface area contributed by atoms with Crippen LogP contribution in [0.2, 0.25) is 0 Å². The maximum absolute atomic E-state index is 13.0. The molecule has 0 unspecified atom stereocenters. The van der Waals surface area contributed by atoms with Gasteiger partial charge >= 0.3 is 0 Å². The number of ether oxygens (including phenoxy) is 1. The van der Waals surface area contributed by atoms with E-state index in [4.69, 9.17) is 9.15 Å². The number of carbonyl (C=O) groups excluding carboxylic acids is 2. The zero-order valence-electron chi connectivity index (χ0n) is 15.4. The molecule has 28 heavy (non-hydrogen) atoms. The number of aliphatic hydroxyl groups is 1. The van der Waals surface area contributed by atoms with E-state index in [9.17, 15) is 14.7 Å². The number of nitrogens with zero attached hydrogens (tertiary/aromatic N) is 2. The van der Waals surface area contributed by atoms with E-state index in [1.165, 1.54) is 12.3 Å². The summed E-state index contributed by atoms with van der Waals surface area (Å²) < 4.78 is 10.6. The predicted octanol–water partition coefficient (Wildman–Crippen LogP) is 2.19. The second kappa shape index (κ2) is 8.00. The van der Waals surface area contributed by atoms with Crippen LogP contribution >= 0.6 is 0 Å². The Morgan fingerprint density at radius 2 is 1.82 bits per heavy atom. The fourth-order valence-electron chi connectivity index (χ4n) is 3.71. The van der Waals surface area contributed by atoms with Gasteiger partial charge in [0.15, 0.2) is 11.5 Å². The molecular formula is C21H22N2O5. The molecule has 7 nitrogen and oxygen atoms in total. The van der Waals surface area contributed by atoms with Gasteiger partial charge in [-0.3, -0.25) is 14.5 Å². The maximum Gasteiger partial charge on any atom is 0.290 e. The van der Waals surface area contributed by atoms with Crippen LogP contribution in [-0.2, 0) is 9.53 Å². The second-order valence-electron chi connectivity index (χ2n) is 6.83. The SMILES string of the molecule is O=C(C1=C(O)C(=O)N(CCN2CCOCC2)[C@H]1c1ccccc1)c1ccco1. The van der Waals surface area contributed by atoms with Gasteiger partial charge in [-0.1, -0.05) is 30.3 Å². The molecule has 0 aliphatic carbocycles. The molecule has 146 valence electrons. The number of rotatable bonds is 6. The van der Waals surface area contributed by atoms with Crippen molar-refractivity contribution in [2.45, 2.75) is 6.04 Å². The monoisotopic (exact) mass is 382 g/mol. The number of amides is 1. The molecule has 1 aromatic heterocycles. The fraction of sp³-hybridized carbons (Fsp3) is 0.333. The Bertz CT molecular complexity index is 869. The smallest absolute Gasteiger partial charge is 0.290 e. The summed E-state index contributed by atoms with van der Waals surface area (Å²) >= 11 is 0. The molecule has 2 aliphatic rings. The number of hydrogen-bond donors (Lipinski definition) is 1. The molecule has 1 aromatic carbocycles. The number of ketones is 1. The molecule has 0 radical (unpaired) electrons. The van der Waals surface area contributed by atoms with Crippen LogP contribution in [0.3, 0.4) is 0 Å². The molecule has 2 aromatic rings. The van der Waals surface area contributed by atoms with E-state index >= 15 is 0 Å². The first-order chi connectivity index (χ1) is 13.7. The van der Waals surface area contributed by atoms with Crippen LogP contribution in [0, 0.1) is 0 Å². The van der Waals surface area contributed by atoms with Crippen molar-refractivity contribution in [3.8, 4) is 0 Å². The number of morpholine rings is 1. The highest BCUT2D eigenvalue weighted by Gasteiger charge is 2.44. The molecule has 0 bridgehead atoms. The summed E-state index contributed by atoms with van der Waals surface area (Å²) in [5.41, 5.74) is 0.838. The van der Waals surface area contributed by atoms with Crippen LogP contribution in [0.25, 0.3) is 0 Å². The van der Waals surface area contributed by atoms with E-state index < -0.39 is 23.5 Å². The minimum Gasteiger partial charge on any atom is -0.503 e. The second-order valence-corrected chi connectivity index (χ2v) is 6.83. The largest absolute Gasteiger partial charge is 0.503 e. The summed E-state index contributed by atoms with van der Waals surface area (Å²) in [6.07, 6.45) is 1.40. The van der Waals surface area contributed by atoms with Crippen LogP contribution < -0.4 is 0 Å². The fourth-order valence-corrected chi connectivity index (χ4v) is 3.71. The Morgan fingerprint density at radius 3 is 2.50 bits per heavy atom. The van der Waals surface area contributed by atoms with Gasteiger partial charge in [-0.25, -0.2) is 0 Å². The van der Waals surface area contributed by atoms with Gasteiger partial charge < -0.3 is 19.2 Å². The summed E-state index contributed by atoms with van der Waals surface area (Å²) in [6.45, 7) is 3.99. The van der Waals surface area contributed by atoms with E-state index in [2.05, 4.69) is 4.90 Å². The van der Waals surface area contributed by atoms with Crippen LogP contribution in [0.15, 0.2) is 64.5 Å². The number of Topliss-reactive ketones (excluding diaryl/α,β-unsaturated/α-hetero) is 1. The number of carbonyl (C=O) groups is 2. The molecule has 1 N–H and O–H groups in total. The number of aliphatic hydroxyl groups excluding tert-OH is 1. The Balaban J connectivity index is 1.64. The van der Waals surface area contributed by atoms with Crippen molar-refractivity contribution in [2.75, 3.05) is 39.4 Å². The third-order valence-electron chi connectivity index (χ3n) is 5.17. The van der Waals surface area contributed by atoms with Crippen molar-refractivity contribution in [1.82, 2.24) is 9.80 Å². The minimum absolute atomic E-state index is 0.0631. The topological polar surface area (TPSA) is 83.2 Å². The van der Waals surface area contributed by atoms with Gasteiger partial charge in [-0.15, -0.1) is 0 Å². The zero-order chi connectivity index (χ0) is 19.5. The lowest BCUT2D eigenvalue weighted by molar-refractivity contribution is -0.129. The van der Waals surface area contributed by atoms with Crippen molar-refractivity contribution >= 4 is 11.7 Å². The standard InChI is InChI=1S/C21H22N2O5/c24-19(16-7-4-12-28-16)17-18(15-5-2-1-3-6-15)23(21(26)20(17)25)9-8-22-10-13-27-14-11-22/h1-7,12,18,25H,8-11,13-14H2/t18-/m0/s1. The Morgan fingerprint density at radius 1 is 1.07 bits per heavy atom. The van der Waals surface area contributed by atoms with Crippen molar-refractivity contribution in [3.63, 3.8) is 0 Å². The molecule has 1 amide bonds. The Kier molecular flexibility index (Phi) is 5.27. The van der Waals surface area contributed by atoms with Crippen molar-refractivity contribution < 1.29 is 23.8 Å². The molecule has 3 heterocycles. The highest BCUT2D eigenvalue weighted by molar-refractivity contribution is 6.15. The van der Waals surface area contributed by atoms with Crippen molar-refractivity contribution in [1.29, 1.82) is 0 Å². The third-order valence-corrected chi connectivity index (χ3v) is 5.17. The van der Waals surface area contributed by atoms with E-state index in [1.54, 1.807) is 11.0 Å². The summed E-state index contributed by atoms with van der Waals surface area (Å²) in [5.74, 6) is -1.40. The average Bonchev–Trinajstić information content (AvgIpc) is 3.36. The lowest BCUT2D eigenvalue weighted by Crippen LogP contribution is -2.43. The van der Waals surface area contributed by atoms with Crippen LogP contribution in [0.4, 0.5) is 0 Å². The van der Waals surface area contributed by atoms with Gasteiger partial charge in [0.05, 0.1) is 31.1 Å². The normalized spacial score (nSPS) is 20.8. The number of benzene rings is 1. The minimum atomic E-state index is -0.646. The molecule has 1 fully saturated rings. The Labute approximate surface area is 162 Å². The van der Waals surface area contributed by atoms with Crippen LogP contribution in [0.1, 0.15) is 22.2 Å². The van der Waals surface area contributed by atoms with E-state index in [1.807, 2.05) is 30.3 Å². The van der Waals surface area contributed by atoms with E-state index in [-0.39, 0.29) is 11.3 Å². The van der Waals surface area contributed by atoms with Crippen LogP contribution in [-0.4, -0.2) is 66.0 Å². The van der Waals surface area contributed by atoms with Gasteiger partial charge in [-0.2, -0.15) is 0 Å². The first-order valence-electron chi connectivity index (χ1n) is 9.34. The molecule has 0 spiro atoms. The highest BCUT2D eigenvalue weighted by Crippen LogP contribution is 2.38. The summed E-state index contributed by atoms with van der Waals surface area (Å²) in [5, 5.41) is 10.6. The predicted molar refractivity (Wildman–Crippen MR) is 101 cm³/mol. The van der Waals surface area contributed by atoms with Gasteiger partial charge in [-0.05, 0) is 17.7 Å². The number of hydrogen-bond acceptors (Lipinski definition) is 6. The first kappa shape index (κ1) is 18.5.